The van der Waals surface area contributed by atoms with E-state index in [1.165, 1.54) is 0 Å². The molecule has 0 unspecified atom stereocenters. The van der Waals surface area contributed by atoms with Gasteiger partial charge in [-0.3, -0.25) is 4.79 Å². The second kappa shape index (κ2) is 8.78. The molecular weight excluding hydrogens is 364 g/mol. The average molecular weight is 390 g/mol. The Balaban J connectivity index is 1.64. The summed E-state index contributed by atoms with van der Waals surface area (Å²) in [6.45, 7) is 8.08. The van der Waals surface area contributed by atoms with Crippen molar-refractivity contribution in [1.82, 2.24) is 4.57 Å². The standard InChI is InChI=1S/C24H26N2O3/c1-16-10-11-17(2)22(12-16)25-23(27)15-29-24(28)21-13-18(3)26(19(21)4)14-20-8-6-5-7-9-20/h5-13H,14-15H2,1-4H3,(H,25,27). The van der Waals surface area contributed by atoms with Gasteiger partial charge in [0, 0.05) is 23.6 Å². The normalized spacial score (nSPS) is 10.6. The number of nitrogens with one attached hydrogen (secondary N) is 1. The fourth-order valence-corrected chi connectivity index (χ4v) is 3.28. The molecule has 0 bridgehead atoms. The molecule has 0 saturated carbocycles. The smallest absolute Gasteiger partial charge is 0.340 e. The predicted octanol–water partition coefficient (Wildman–Crippen LogP) is 4.57. The lowest BCUT2D eigenvalue weighted by atomic mass is 10.1. The van der Waals surface area contributed by atoms with Crippen molar-refractivity contribution in [3.8, 4) is 0 Å². The van der Waals surface area contributed by atoms with Crippen molar-refractivity contribution >= 4 is 17.6 Å². The van der Waals surface area contributed by atoms with Crippen molar-refractivity contribution in [2.75, 3.05) is 11.9 Å². The molecule has 0 aliphatic heterocycles. The van der Waals surface area contributed by atoms with E-state index in [1.54, 1.807) is 0 Å². The summed E-state index contributed by atoms with van der Waals surface area (Å²) in [5.41, 5.74) is 6.17. The van der Waals surface area contributed by atoms with Crippen LogP contribution in [0.25, 0.3) is 0 Å². The Hall–Kier alpha value is -3.34. The molecule has 0 saturated heterocycles. The zero-order valence-corrected chi connectivity index (χ0v) is 17.3. The van der Waals surface area contributed by atoms with E-state index in [0.29, 0.717) is 12.1 Å². The largest absolute Gasteiger partial charge is 0.452 e. The molecule has 5 nitrogen and oxygen atoms in total. The number of aryl methyl sites for hydroxylation is 3. The van der Waals surface area contributed by atoms with Crippen molar-refractivity contribution in [3.63, 3.8) is 0 Å². The highest BCUT2D eigenvalue weighted by Crippen LogP contribution is 2.19. The predicted molar refractivity (Wildman–Crippen MR) is 114 cm³/mol. The lowest BCUT2D eigenvalue weighted by molar-refractivity contribution is -0.119. The van der Waals surface area contributed by atoms with Crippen molar-refractivity contribution in [1.29, 1.82) is 0 Å². The summed E-state index contributed by atoms with van der Waals surface area (Å²) in [6, 6.07) is 17.7. The summed E-state index contributed by atoms with van der Waals surface area (Å²) in [7, 11) is 0. The van der Waals surface area contributed by atoms with Gasteiger partial charge in [0.2, 0.25) is 0 Å². The lowest BCUT2D eigenvalue weighted by Crippen LogP contribution is -2.21. The minimum atomic E-state index is -0.492. The summed E-state index contributed by atoms with van der Waals surface area (Å²) >= 11 is 0. The number of benzene rings is 2. The van der Waals surface area contributed by atoms with Crippen LogP contribution in [0.1, 0.15) is 38.4 Å². The highest BCUT2D eigenvalue weighted by molar-refractivity contribution is 5.96. The molecule has 5 heteroatoms. The third kappa shape index (κ3) is 4.93. The first-order chi connectivity index (χ1) is 13.8. The fraction of sp³-hybridized carbons (Fsp3) is 0.250. The molecule has 3 rings (SSSR count). The van der Waals surface area contributed by atoms with Crippen molar-refractivity contribution in [2.24, 2.45) is 0 Å². The number of nitrogens with zero attached hydrogens (tertiary/aromatic N) is 1. The van der Waals surface area contributed by atoms with Gasteiger partial charge in [-0.2, -0.15) is 0 Å². The number of amides is 1. The number of esters is 1. The monoisotopic (exact) mass is 390 g/mol. The maximum Gasteiger partial charge on any atom is 0.340 e. The second-order valence-corrected chi connectivity index (χ2v) is 7.30. The zero-order chi connectivity index (χ0) is 21.0. The van der Waals surface area contributed by atoms with Crippen LogP contribution in [-0.2, 0) is 16.1 Å². The van der Waals surface area contributed by atoms with Gasteiger partial charge in [-0.05, 0) is 56.5 Å². The minimum Gasteiger partial charge on any atom is -0.452 e. The number of hydrogen-bond acceptors (Lipinski definition) is 3. The SMILES string of the molecule is Cc1ccc(C)c(NC(=O)COC(=O)c2cc(C)n(Cc3ccccc3)c2C)c1. The highest BCUT2D eigenvalue weighted by atomic mass is 16.5. The van der Waals surface area contributed by atoms with Crippen LogP contribution in [0.2, 0.25) is 0 Å². The van der Waals surface area contributed by atoms with Crippen molar-refractivity contribution in [2.45, 2.75) is 34.2 Å². The number of aromatic nitrogens is 1. The molecule has 2 aromatic carbocycles. The molecule has 3 aromatic rings. The number of anilines is 1. The summed E-state index contributed by atoms with van der Waals surface area (Å²) in [4.78, 5) is 24.8. The van der Waals surface area contributed by atoms with E-state index in [2.05, 4.69) is 22.0 Å². The fourth-order valence-electron chi connectivity index (χ4n) is 3.28. The molecule has 1 heterocycles. The lowest BCUT2D eigenvalue weighted by Gasteiger charge is -2.11. The van der Waals surface area contributed by atoms with Crippen molar-refractivity contribution < 1.29 is 14.3 Å². The summed E-state index contributed by atoms with van der Waals surface area (Å²) in [5.74, 6) is -0.848. The topological polar surface area (TPSA) is 60.3 Å². The Bertz CT molecular complexity index is 1040. The van der Waals surface area contributed by atoms with E-state index in [4.69, 9.17) is 4.74 Å². The number of carbonyl (C=O) groups is 2. The average Bonchev–Trinajstić information content (AvgIpc) is 2.98. The number of rotatable bonds is 6. The van der Waals surface area contributed by atoms with Gasteiger partial charge in [0.05, 0.1) is 5.56 Å². The van der Waals surface area contributed by atoms with E-state index in [0.717, 1.165) is 33.8 Å². The molecule has 1 N–H and O–H groups in total. The Morgan fingerprint density at radius 1 is 0.966 bits per heavy atom. The highest BCUT2D eigenvalue weighted by Gasteiger charge is 2.18. The number of hydrogen-bond donors (Lipinski definition) is 1. The molecule has 1 aromatic heterocycles. The van der Waals surface area contributed by atoms with Gasteiger partial charge in [-0.15, -0.1) is 0 Å². The molecular formula is C24H26N2O3. The Morgan fingerprint density at radius 3 is 2.41 bits per heavy atom. The van der Waals surface area contributed by atoms with Gasteiger partial charge in [-0.25, -0.2) is 4.79 Å². The molecule has 0 aliphatic carbocycles. The Kier molecular flexibility index (Phi) is 6.17. The van der Waals surface area contributed by atoms with E-state index < -0.39 is 5.97 Å². The zero-order valence-electron chi connectivity index (χ0n) is 17.3. The molecule has 0 spiro atoms. The van der Waals surface area contributed by atoms with Gasteiger partial charge in [0.25, 0.3) is 5.91 Å². The summed E-state index contributed by atoms with van der Waals surface area (Å²) < 4.78 is 7.34. The van der Waals surface area contributed by atoms with Crippen LogP contribution in [0.4, 0.5) is 5.69 Å². The first-order valence-electron chi connectivity index (χ1n) is 9.60. The van der Waals surface area contributed by atoms with Gasteiger partial charge in [0.15, 0.2) is 6.61 Å². The molecule has 150 valence electrons. The van der Waals surface area contributed by atoms with Gasteiger partial charge < -0.3 is 14.6 Å². The molecule has 29 heavy (non-hydrogen) atoms. The first kappa shape index (κ1) is 20.4. The van der Waals surface area contributed by atoms with E-state index >= 15 is 0 Å². The maximum atomic E-state index is 12.5. The summed E-state index contributed by atoms with van der Waals surface area (Å²) in [5, 5.41) is 2.80. The van der Waals surface area contributed by atoms with Crippen LogP contribution in [-0.4, -0.2) is 23.1 Å². The van der Waals surface area contributed by atoms with Gasteiger partial charge in [-0.1, -0.05) is 42.5 Å². The number of ether oxygens (including phenoxy) is 1. The molecule has 0 radical (unpaired) electrons. The van der Waals surface area contributed by atoms with E-state index in [1.807, 2.05) is 70.2 Å². The van der Waals surface area contributed by atoms with Crippen LogP contribution in [0.5, 0.6) is 0 Å². The molecule has 0 aliphatic rings. The number of carbonyl (C=O) groups excluding carboxylic acids is 2. The Morgan fingerprint density at radius 2 is 1.69 bits per heavy atom. The van der Waals surface area contributed by atoms with Crippen LogP contribution in [0, 0.1) is 27.7 Å². The van der Waals surface area contributed by atoms with Gasteiger partial charge in [0.1, 0.15) is 0 Å². The minimum absolute atomic E-state index is 0.325. The van der Waals surface area contributed by atoms with E-state index in [9.17, 15) is 9.59 Å². The second-order valence-electron chi connectivity index (χ2n) is 7.30. The third-order valence-electron chi connectivity index (χ3n) is 4.98. The van der Waals surface area contributed by atoms with Crippen LogP contribution >= 0.6 is 0 Å². The van der Waals surface area contributed by atoms with Crippen LogP contribution < -0.4 is 5.32 Å². The van der Waals surface area contributed by atoms with Crippen LogP contribution in [0.3, 0.4) is 0 Å². The molecule has 0 fully saturated rings. The van der Waals surface area contributed by atoms with Crippen LogP contribution in [0.15, 0.2) is 54.6 Å². The molecule has 1 amide bonds. The first-order valence-corrected chi connectivity index (χ1v) is 9.60. The maximum absolute atomic E-state index is 12.5. The van der Waals surface area contributed by atoms with Crippen molar-refractivity contribution in [3.05, 3.63) is 88.2 Å². The van der Waals surface area contributed by atoms with E-state index in [-0.39, 0.29) is 12.5 Å². The van der Waals surface area contributed by atoms with Gasteiger partial charge >= 0.3 is 5.97 Å². The third-order valence-corrected chi connectivity index (χ3v) is 4.98. The molecule has 0 atom stereocenters. The summed E-state index contributed by atoms with van der Waals surface area (Å²) in [6.07, 6.45) is 0. The Labute approximate surface area is 171 Å². The quantitative estimate of drug-likeness (QED) is 0.628.